The summed E-state index contributed by atoms with van der Waals surface area (Å²) < 4.78 is 0. The number of rotatable bonds is 7. The molecule has 2 heteroatoms. The number of nitrogens with zero attached hydrogens (tertiary/aromatic N) is 2. The van der Waals surface area contributed by atoms with E-state index in [2.05, 4.69) is 101 Å². The van der Waals surface area contributed by atoms with E-state index in [-0.39, 0.29) is 0 Å². The summed E-state index contributed by atoms with van der Waals surface area (Å²) >= 11 is 0. The van der Waals surface area contributed by atoms with Gasteiger partial charge in [0.1, 0.15) is 0 Å². The first-order valence-corrected chi connectivity index (χ1v) is 11.9. The largest absolute Gasteiger partial charge is 0.246 e. The fourth-order valence-electron chi connectivity index (χ4n) is 4.70. The molecular formula is C30H32N2. The average molecular weight is 421 g/mol. The van der Waals surface area contributed by atoms with Crippen LogP contribution in [0, 0.1) is 0 Å². The highest BCUT2D eigenvalue weighted by Gasteiger charge is 2.31. The van der Waals surface area contributed by atoms with Crippen molar-refractivity contribution >= 4 is 23.6 Å². The third-order valence-electron chi connectivity index (χ3n) is 6.23. The van der Waals surface area contributed by atoms with Crippen molar-refractivity contribution in [3.05, 3.63) is 105 Å². The Morgan fingerprint density at radius 3 is 1.16 bits per heavy atom. The van der Waals surface area contributed by atoms with E-state index in [4.69, 9.17) is 9.98 Å². The molecular weight excluding hydrogens is 388 g/mol. The fraction of sp³-hybridized carbons (Fsp3) is 0.267. The highest BCUT2D eigenvalue weighted by atomic mass is 14.9. The third kappa shape index (κ3) is 4.23. The lowest BCUT2D eigenvalue weighted by Crippen LogP contribution is -2.16. The zero-order chi connectivity index (χ0) is 22.5. The van der Waals surface area contributed by atoms with Crippen molar-refractivity contribution in [2.45, 2.75) is 53.4 Å². The molecule has 4 rings (SSSR count). The number of benzene rings is 2. The zero-order valence-corrected chi connectivity index (χ0v) is 19.7. The van der Waals surface area contributed by atoms with Gasteiger partial charge >= 0.3 is 0 Å². The Bertz CT molecular complexity index is 1070. The second kappa shape index (κ2) is 9.91. The Labute approximate surface area is 192 Å². The molecule has 0 unspecified atom stereocenters. The molecule has 2 aromatic carbocycles. The number of hydrogen-bond acceptors (Lipinski definition) is 2. The molecule has 0 aromatic heterocycles. The van der Waals surface area contributed by atoms with Gasteiger partial charge in [0.2, 0.25) is 0 Å². The molecule has 2 heterocycles. The Morgan fingerprint density at radius 2 is 0.844 bits per heavy atom. The van der Waals surface area contributed by atoms with Gasteiger partial charge in [-0.3, -0.25) is 0 Å². The fourth-order valence-corrected chi connectivity index (χ4v) is 4.70. The lowest BCUT2D eigenvalue weighted by molar-refractivity contribution is 1.06. The third-order valence-corrected chi connectivity index (χ3v) is 6.23. The van der Waals surface area contributed by atoms with Gasteiger partial charge in [-0.05, 0) is 71.3 Å². The van der Waals surface area contributed by atoms with Crippen LogP contribution in [0.3, 0.4) is 0 Å². The molecule has 0 atom stereocenters. The lowest BCUT2D eigenvalue weighted by atomic mass is 9.91. The minimum Gasteiger partial charge on any atom is -0.246 e. The molecule has 162 valence electrons. The van der Waals surface area contributed by atoms with Crippen LogP contribution in [0.5, 0.6) is 0 Å². The second-order valence-corrected chi connectivity index (χ2v) is 8.13. The van der Waals surface area contributed by atoms with Crippen LogP contribution in [-0.2, 0) is 0 Å². The normalized spacial score (nSPS) is 18.8. The number of hydrogen-bond donors (Lipinski definition) is 0. The molecule has 0 radical (unpaired) electrons. The second-order valence-electron chi connectivity index (χ2n) is 8.13. The Hall–Kier alpha value is -3.26. The maximum Gasteiger partial charge on any atom is 0.0932 e. The van der Waals surface area contributed by atoms with Crippen molar-refractivity contribution in [3.63, 3.8) is 0 Å². The topological polar surface area (TPSA) is 24.7 Å². The first-order chi connectivity index (χ1) is 15.7. The summed E-state index contributed by atoms with van der Waals surface area (Å²) in [6, 6.07) is 21.0. The summed E-state index contributed by atoms with van der Waals surface area (Å²) in [7, 11) is 0. The van der Waals surface area contributed by atoms with Crippen LogP contribution in [-0.4, -0.2) is 11.4 Å². The summed E-state index contributed by atoms with van der Waals surface area (Å²) in [5.41, 5.74) is 12.1. The standard InChI is InChI=1S/C30H32N2/c1-5-23-25(7-3)29(31-27(23)19-21-15-11-9-12-16-21)30-26(8-4)24(6-2)28(32-30)20-22-17-13-10-14-18-22/h9-20H,5-8H2,1-4H3/b27-19-,28-20-. The van der Waals surface area contributed by atoms with E-state index in [0.29, 0.717) is 0 Å². The molecule has 0 fully saturated rings. The van der Waals surface area contributed by atoms with Crippen LogP contribution < -0.4 is 0 Å². The Morgan fingerprint density at radius 1 is 0.500 bits per heavy atom. The van der Waals surface area contributed by atoms with E-state index in [1.165, 1.54) is 33.4 Å². The summed E-state index contributed by atoms with van der Waals surface area (Å²) in [5, 5.41) is 0. The predicted molar refractivity (Wildman–Crippen MR) is 139 cm³/mol. The van der Waals surface area contributed by atoms with E-state index in [9.17, 15) is 0 Å². The van der Waals surface area contributed by atoms with Crippen LogP contribution in [0.15, 0.2) is 104 Å². The number of allylic oxidation sites excluding steroid dienone is 4. The highest BCUT2D eigenvalue weighted by molar-refractivity contribution is 6.55. The van der Waals surface area contributed by atoms with E-state index < -0.39 is 0 Å². The van der Waals surface area contributed by atoms with Crippen molar-refractivity contribution in [1.82, 2.24) is 0 Å². The van der Waals surface area contributed by atoms with E-state index >= 15 is 0 Å². The minimum atomic E-state index is 0.962. The molecule has 2 nitrogen and oxygen atoms in total. The molecule has 2 aliphatic rings. The van der Waals surface area contributed by atoms with Crippen molar-refractivity contribution in [2.75, 3.05) is 0 Å². The smallest absolute Gasteiger partial charge is 0.0932 e. The van der Waals surface area contributed by atoms with Crippen molar-refractivity contribution < 1.29 is 0 Å². The lowest BCUT2D eigenvalue weighted by Gasteiger charge is -2.10. The van der Waals surface area contributed by atoms with Crippen LogP contribution in [0.2, 0.25) is 0 Å². The van der Waals surface area contributed by atoms with Crippen LogP contribution in [0.1, 0.15) is 64.5 Å². The first kappa shape index (κ1) is 22.0. The Kier molecular flexibility index (Phi) is 6.80. The molecule has 0 aliphatic carbocycles. The van der Waals surface area contributed by atoms with Gasteiger partial charge < -0.3 is 0 Å². The van der Waals surface area contributed by atoms with Gasteiger partial charge in [0.25, 0.3) is 0 Å². The summed E-state index contributed by atoms with van der Waals surface area (Å²) in [6.45, 7) is 8.93. The van der Waals surface area contributed by atoms with Crippen molar-refractivity contribution in [3.8, 4) is 0 Å². The highest BCUT2D eigenvalue weighted by Crippen LogP contribution is 2.38. The van der Waals surface area contributed by atoms with Crippen LogP contribution in [0.4, 0.5) is 0 Å². The molecule has 0 N–H and O–H groups in total. The predicted octanol–water partition coefficient (Wildman–Crippen LogP) is 8.21. The van der Waals surface area contributed by atoms with E-state index in [1.54, 1.807) is 0 Å². The minimum absolute atomic E-state index is 0.962. The van der Waals surface area contributed by atoms with Gasteiger partial charge in [0.05, 0.1) is 22.8 Å². The zero-order valence-electron chi connectivity index (χ0n) is 19.7. The summed E-state index contributed by atoms with van der Waals surface area (Å²) in [4.78, 5) is 10.4. The average Bonchev–Trinajstić information content (AvgIpc) is 3.36. The van der Waals surface area contributed by atoms with Crippen molar-refractivity contribution in [1.29, 1.82) is 0 Å². The molecule has 32 heavy (non-hydrogen) atoms. The molecule has 0 amide bonds. The van der Waals surface area contributed by atoms with E-state index in [1.807, 2.05) is 0 Å². The quantitative estimate of drug-likeness (QED) is 0.431. The van der Waals surface area contributed by atoms with Gasteiger partial charge in [-0.2, -0.15) is 0 Å². The van der Waals surface area contributed by atoms with Gasteiger partial charge in [-0.1, -0.05) is 88.4 Å². The van der Waals surface area contributed by atoms with Gasteiger partial charge in [-0.15, -0.1) is 0 Å². The molecule has 0 bridgehead atoms. The first-order valence-electron chi connectivity index (χ1n) is 11.9. The molecule has 2 aromatic rings. The van der Waals surface area contributed by atoms with Gasteiger partial charge in [0, 0.05) is 0 Å². The van der Waals surface area contributed by atoms with Crippen LogP contribution >= 0.6 is 0 Å². The summed E-state index contributed by atoms with van der Waals surface area (Å²) in [5.74, 6) is 0. The SMILES string of the molecule is CCC1=C(CC)/C(=C/c2ccccc2)N=C1C1=N/C(=C\c2ccccc2)C(CC)=C1CC. The monoisotopic (exact) mass is 420 g/mol. The van der Waals surface area contributed by atoms with Gasteiger partial charge in [0.15, 0.2) is 0 Å². The molecule has 2 aliphatic heterocycles. The Balaban J connectivity index is 1.85. The molecule has 0 saturated carbocycles. The maximum absolute atomic E-state index is 5.19. The summed E-state index contributed by atoms with van der Waals surface area (Å²) in [6.07, 6.45) is 8.30. The van der Waals surface area contributed by atoms with Gasteiger partial charge in [-0.25, -0.2) is 9.98 Å². The molecule has 0 spiro atoms. The van der Waals surface area contributed by atoms with E-state index in [0.717, 1.165) is 48.5 Å². The van der Waals surface area contributed by atoms with Crippen molar-refractivity contribution in [2.24, 2.45) is 9.98 Å². The van der Waals surface area contributed by atoms with Crippen LogP contribution in [0.25, 0.3) is 12.2 Å². The number of aliphatic imine (C=N–C) groups is 2. The molecule has 0 saturated heterocycles. The maximum atomic E-state index is 5.19.